The van der Waals surface area contributed by atoms with Crippen molar-refractivity contribution in [3.05, 3.63) is 0 Å². The van der Waals surface area contributed by atoms with Gasteiger partial charge in [-0.2, -0.15) is 0 Å². The van der Waals surface area contributed by atoms with Crippen molar-refractivity contribution in [2.24, 2.45) is 11.1 Å². The average Bonchev–Trinajstić information content (AvgIpc) is 2.41. The summed E-state index contributed by atoms with van der Waals surface area (Å²) in [6.07, 6.45) is 3.69. The minimum atomic E-state index is -0.358. The summed E-state index contributed by atoms with van der Waals surface area (Å²) in [5, 5.41) is 0. The first-order valence-corrected chi connectivity index (χ1v) is 6.32. The molecule has 0 radical (unpaired) electrons. The molecule has 1 heterocycles. The molecule has 0 aromatic heterocycles. The molecule has 2 amide bonds. The highest BCUT2D eigenvalue weighted by molar-refractivity contribution is 5.89. The van der Waals surface area contributed by atoms with Gasteiger partial charge in [0.2, 0.25) is 11.8 Å². The second-order valence-electron chi connectivity index (χ2n) is 5.23. The topological polar surface area (TPSA) is 66.6 Å². The van der Waals surface area contributed by atoms with Crippen molar-refractivity contribution in [2.75, 3.05) is 33.2 Å². The molecule has 2 fully saturated rings. The quantitative estimate of drug-likeness (QED) is 0.726. The van der Waals surface area contributed by atoms with Gasteiger partial charge in [-0.15, -0.1) is 0 Å². The van der Waals surface area contributed by atoms with E-state index in [1.807, 2.05) is 0 Å². The molecule has 5 heteroatoms. The first-order chi connectivity index (χ1) is 8.09. The lowest BCUT2D eigenvalue weighted by Gasteiger charge is -2.42. The van der Waals surface area contributed by atoms with Gasteiger partial charge in [0.1, 0.15) is 0 Å². The highest BCUT2D eigenvalue weighted by atomic mass is 16.2. The zero-order valence-electron chi connectivity index (χ0n) is 10.4. The van der Waals surface area contributed by atoms with Gasteiger partial charge < -0.3 is 15.5 Å². The van der Waals surface area contributed by atoms with E-state index < -0.39 is 0 Å². The van der Waals surface area contributed by atoms with Crippen LogP contribution in [0, 0.1) is 5.41 Å². The highest BCUT2D eigenvalue weighted by Gasteiger charge is 2.45. The molecule has 1 saturated heterocycles. The zero-order valence-corrected chi connectivity index (χ0v) is 10.4. The summed E-state index contributed by atoms with van der Waals surface area (Å²) in [5.74, 6) is 0.122. The fraction of sp³-hybridized carbons (Fsp3) is 0.833. The molecular weight excluding hydrogens is 218 g/mol. The van der Waals surface area contributed by atoms with Crippen LogP contribution in [0.1, 0.15) is 25.7 Å². The number of likely N-dealkylation sites (N-methyl/N-ethyl adjacent to an activating group) is 1. The van der Waals surface area contributed by atoms with E-state index in [9.17, 15) is 9.59 Å². The molecule has 0 atom stereocenters. The van der Waals surface area contributed by atoms with Gasteiger partial charge in [-0.05, 0) is 19.3 Å². The summed E-state index contributed by atoms with van der Waals surface area (Å²) < 4.78 is 0. The van der Waals surface area contributed by atoms with Crippen molar-refractivity contribution >= 4 is 11.8 Å². The van der Waals surface area contributed by atoms with Crippen molar-refractivity contribution < 1.29 is 9.59 Å². The SMILES string of the molecule is CN1CCCN(C(=O)C2(CN)CCC2)CC1=O. The Morgan fingerprint density at radius 1 is 1.35 bits per heavy atom. The third-order valence-electron chi connectivity index (χ3n) is 4.12. The summed E-state index contributed by atoms with van der Waals surface area (Å²) in [7, 11) is 1.79. The molecule has 0 unspecified atom stereocenters. The Morgan fingerprint density at radius 3 is 2.59 bits per heavy atom. The molecule has 1 aliphatic carbocycles. The third-order valence-corrected chi connectivity index (χ3v) is 4.12. The van der Waals surface area contributed by atoms with Crippen LogP contribution in [0.25, 0.3) is 0 Å². The van der Waals surface area contributed by atoms with E-state index in [-0.39, 0.29) is 23.8 Å². The predicted molar refractivity (Wildman–Crippen MR) is 64.2 cm³/mol. The van der Waals surface area contributed by atoms with Crippen molar-refractivity contribution in [1.29, 1.82) is 0 Å². The molecule has 17 heavy (non-hydrogen) atoms. The van der Waals surface area contributed by atoms with Crippen molar-refractivity contribution in [3.8, 4) is 0 Å². The second kappa shape index (κ2) is 4.64. The smallest absolute Gasteiger partial charge is 0.241 e. The molecule has 0 spiro atoms. The van der Waals surface area contributed by atoms with E-state index >= 15 is 0 Å². The zero-order chi connectivity index (χ0) is 12.5. The summed E-state index contributed by atoms with van der Waals surface area (Å²) in [6, 6.07) is 0. The number of carbonyl (C=O) groups excluding carboxylic acids is 2. The van der Waals surface area contributed by atoms with E-state index in [0.29, 0.717) is 13.1 Å². The summed E-state index contributed by atoms with van der Waals surface area (Å²) in [5.41, 5.74) is 5.38. The Bertz CT molecular complexity index is 320. The predicted octanol–water partition coefficient (Wildman–Crippen LogP) is -0.194. The van der Waals surface area contributed by atoms with E-state index in [2.05, 4.69) is 0 Å². The largest absolute Gasteiger partial charge is 0.344 e. The molecule has 1 saturated carbocycles. The maximum absolute atomic E-state index is 12.4. The second-order valence-corrected chi connectivity index (χ2v) is 5.23. The molecule has 0 aromatic carbocycles. The number of nitrogens with two attached hydrogens (primary N) is 1. The molecule has 0 aromatic rings. The number of carbonyl (C=O) groups is 2. The number of hydrogen-bond acceptors (Lipinski definition) is 3. The Balaban J connectivity index is 2.06. The Labute approximate surface area is 102 Å². The fourth-order valence-electron chi connectivity index (χ4n) is 2.60. The normalized spacial score (nSPS) is 24.2. The van der Waals surface area contributed by atoms with Crippen molar-refractivity contribution in [1.82, 2.24) is 9.80 Å². The maximum Gasteiger partial charge on any atom is 0.241 e. The van der Waals surface area contributed by atoms with E-state index in [4.69, 9.17) is 5.73 Å². The van der Waals surface area contributed by atoms with Crippen LogP contribution in [0.3, 0.4) is 0 Å². The highest BCUT2D eigenvalue weighted by Crippen LogP contribution is 2.41. The molecule has 2 N–H and O–H groups in total. The lowest BCUT2D eigenvalue weighted by molar-refractivity contribution is -0.149. The first-order valence-electron chi connectivity index (χ1n) is 6.32. The maximum atomic E-state index is 12.4. The van der Waals surface area contributed by atoms with Crippen LogP contribution in [0.15, 0.2) is 0 Å². The van der Waals surface area contributed by atoms with Crippen molar-refractivity contribution in [3.63, 3.8) is 0 Å². The Hall–Kier alpha value is -1.10. The van der Waals surface area contributed by atoms with Crippen LogP contribution in [0.2, 0.25) is 0 Å². The first kappa shape index (κ1) is 12.4. The number of hydrogen-bond donors (Lipinski definition) is 1. The lowest BCUT2D eigenvalue weighted by atomic mass is 9.68. The van der Waals surface area contributed by atoms with Crippen molar-refractivity contribution in [2.45, 2.75) is 25.7 Å². The Kier molecular flexibility index (Phi) is 3.38. The van der Waals surface area contributed by atoms with Crippen LogP contribution in [0.4, 0.5) is 0 Å². The van der Waals surface area contributed by atoms with Gasteiger partial charge in [0.15, 0.2) is 0 Å². The third kappa shape index (κ3) is 2.16. The average molecular weight is 239 g/mol. The monoisotopic (exact) mass is 239 g/mol. The molecule has 1 aliphatic heterocycles. The number of rotatable bonds is 2. The van der Waals surface area contributed by atoms with Crippen LogP contribution < -0.4 is 5.73 Å². The summed E-state index contributed by atoms with van der Waals surface area (Å²) in [4.78, 5) is 27.6. The molecule has 2 aliphatic rings. The van der Waals surface area contributed by atoms with E-state index in [1.165, 1.54) is 0 Å². The van der Waals surface area contributed by atoms with E-state index in [0.717, 1.165) is 32.2 Å². The van der Waals surface area contributed by atoms with Crippen LogP contribution in [-0.4, -0.2) is 54.8 Å². The van der Waals surface area contributed by atoms with Gasteiger partial charge in [0, 0.05) is 26.7 Å². The van der Waals surface area contributed by atoms with Gasteiger partial charge in [0.05, 0.1) is 12.0 Å². The van der Waals surface area contributed by atoms with Gasteiger partial charge in [-0.1, -0.05) is 6.42 Å². The van der Waals surface area contributed by atoms with Crippen LogP contribution in [0.5, 0.6) is 0 Å². The van der Waals surface area contributed by atoms with E-state index in [1.54, 1.807) is 16.8 Å². The molecular formula is C12H21N3O2. The fourth-order valence-corrected chi connectivity index (χ4v) is 2.60. The molecule has 0 bridgehead atoms. The van der Waals surface area contributed by atoms with Crippen LogP contribution in [-0.2, 0) is 9.59 Å². The van der Waals surface area contributed by atoms with Gasteiger partial charge >= 0.3 is 0 Å². The lowest BCUT2D eigenvalue weighted by Crippen LogP contribution is -2.53. The van der Waals surface area contributed by atoms with Crippen LogP contribution >= 0.6 is 0 Å². The standard InChI is InChI=1S/C12H21N3O2/c1-14-6-3-7-15(8-10(14)16)11(17)12(9-13)4-2-5-12/h2-9,13H2,1H3. The molecule has 5 nitrogen and oxygen atoms in total. The summed E-state index contributed by atoms with van der Waals surface area (Å²) in [6.45, 7) is 2.04. The molecule has 96 valence electrons. The van der Waals surface area contributed by atoms with Gasteiger partial charge in [-0.3, -0.25) is 9.59 Å². The van der Waals surface area contributed by atoms with Gasteiger partial charge in [0.25, 0.3) is 0 Å². The minimum absolute atomic E-state index is 0.0299. The molecule has 2 rings (SSSR count). The minimum Gasteiger partial charge on any atom is -0.344 e. The Morgan fingerprint density at radius 2 is 2.06 bits per heavy atom. The summed E-state index contributed by atoms with van der Waals surface area (Å²) >= 11 is 0. The number of amides is 2. The van der Waals surface area contributed by atoms with Gasteiger partial charge in [-0.25, -0.2) is 0 Å². The number of nitrogens with zero attached hydrogens (tertiary/aromatic N) is 2.